The van der Waals surface area contributed by atoms with Gasteiger partial charge in [0.25, 0.3) is 5.69 Å². The van der Waals surface area contributed by atoms with E-state index in [0.717, 1.165) is 6.29 Å². The second-order valence-electron chi connectivity index (χ2n) is 7.09. The standard InChI is InChI=1S/C24H17ClN2O5/c1-32-19-10-11-26-21(12-19)20(14-28)24(16-4-8-18(9-5-16)27(30)31)22(26)13-23(29)15-2-6-17(25)7-3-15/h2-12,14H,13H2,1H3. The zero-order valence-electron chi connectivity index (χ0n) is 16.9. The molecular weight excluding hydrogens is 432 g/mol. The number of pyridine rings is 1. The number of nitro benzene ring substituents is 1. The van der Waals surface area contributed by atoms with Gasteiger partial charge in [-0.2, -0.15) is 0 Å². The van der Waals surface area contributed by atoms with Gasteiger partial charge in [-0.1, -0.05) is 11.6 Å². The summed E-state index contributed by atoms with van der Waals surface area (Å²) in [6.07, 6.45) is 2.47. The molecule has 0 aliphatic carbocycles. The highest BCUT2D eigenvalue weighted by Gasteiger charge is 2.23. The molecule has 32 heavy (non-hydrogen) atoms. The molecule has 0 spiro atoms. The quantitative estimate of drug-likeness (QED) is 0.163. The van der Waals surface area contributed by atoms with Crippen LogP contribution in [0.15, 0.2) is 66.9 Å². The number of Topliss-reactive ketones (excluding diaryl/α,β-unsaturated/α-hetero) is 1. The van der Waals surface area contributed by atoms with Crippen molar-refractivity contribution in [2.24, 2.45) is 0 Å². The highest BCUT2D eigenvalue weighted by Crippen LogP contribution is 2.35. The molecule has 7 nitrogen and oxygen atoms in total. The first-order chi connectivity index (χ1) is 15.4. The number of nitrogens with zero attached hydrogens (tertiary/aromatic N) is 2. The molecule has 160 valence electrons. The van der Waals surface area contributed by atoms with Gasteiger partial charge in [-0.3, -0.25) is 19.7 Å². The third-order valence-electron chi connectivity index (χ3n) is 5.27. The average molecular weight is 449 g/mol. The summed E-state index contributed by atoms with van der Waals surface area (Å²) in [5, 5.41) is 11.6. The van der Waals surface area contributed by atoms with Crippen LogP contribution in [0.25, 0.3) is 16.6 Å². The van der Waals surface area contributed by atoms with E-state index in [1.807, 2.05) is 0 Å². The second-order valence-corrected chi connectivity index (χ2v) is 7.52. The first-order valence-corrected chi connectivity index (χ1v) is 10.0. The van der Waals surface area contributed by atoms with Gasteiger partial charge in [0.05, 0.1) is 24.0 Å². The summed E-state index contributed by atoms with van der Waals surface area (Å²) in [4.78, 5) is 35.8. The third-order valence-corrected chi connectivity index (χ3v) is 5.52. The van der Waals surface area contributed by atoms with Crippen LogP contribution in [0.2, 0.25) is 5.02 Å². The van der Waals surface area contributed by atoms with E-state index < -0.39 is 4.92 Å². The van der Waals surface area contributed by atoms with Crippen molar-refractivity contribution in [3.05, 3.63) is 98.8 Å². The predicted octanol–water partition coefficient (Wildman–Crippen LogP) is 5.41. The van der Waals surface area contributed by atoms with Crippen LogP contribution in [-0.4, -0.2) is 28.5 Å². The molecular formula is C24H17ClN2O5. The van der Waals surface area contributed by atoms with Crippen LogP contribution in [0, 0.1) is 10.1 Å². The van der Waals surface area contributed by atoms with Gasteiger partial charge in [-0.15, -0.1) is 0 Å². The van der Waals surface area contributed by atoms with E-state index in [-0.39, 0.29) is 17.9 Å². The smallest absolute Gasteiger partial charge is 0.269 e. The zero-order valence-corrected chi connectivity index (χ0v) is 17.7. The lowest BCUT2D eigenvalue weighted by molar-refractivity contribution is -0.384. The minimum absolute atomic E-state index is 0.00922. The summed E-state index contributed by atoms with van der Waals surface area (Å²) in [5.41, 5.74) is 3.11. The first-order valence-electron chi connectivity index (χ1n) is 9.62. The van der Waals surface area contributed by atoms with Gasteiger partial charge in [-0.05, 0) is 48.0 Å². The van der Waals surface area contributed by atoms with E-state index in [1.165, 1.54) is 19.2 Å². The normalized spacial score (nSPS) is 10.8. The van der Waals surface area contributed by atoms with Gasteiger partial charge in [0, 0.05) is 51.8 Å². The molecule has 2 aromatic heterocycles. The van der Waals surface area contributed by atoms with E-state index in [4.69, 9.17) is 16.3 Å². The molecule has 0 fully saturated rings. The maximum Gasteiger partial charge on any atom is 0.269 e. The molecule has 0 aliphatic rings. The Labute approximate surface area is 188 Å². The average Bonchev–Trinajstić information content (AvgIpc) is 3.11. The van der Waals surface area contributed by atoms with Crippen LogP contribution in [-0.2, 0) is 6.42 Å². The van der Waals surface area contributed by atoms with Gasteiger partial charge >= 0.3 is 0 Å². The van der Waals surface area contributed by atoms with E-state index in [9.17, 15) is 19.7 Å². The molecule has 2 heterocycles. The minimum atomic E-state index is -0.490. The maximum absolute atomic E-state index is 13.1. The monoisotopic (exact) mass is 448 g/mol. The van der Waals surface area contributed by atoms with Crippen LogP contribution in [0.4, 0.5) is 5.69 Å². The summed E-state index contributed by atoms with van der Waals surface area (Å²) < 4.78 is 7.07. The van der Waals surface area contributed by atoms with E-state index in [1.54, 1.807) is 59.1 Å². The Bertz CT molecular complexity index is 1340. The van der Waals surface area contributed by atoms with Crippen LogP contribution < -0.4 is 4.74 Å². The molecule has 0 amide bonds. The number of fused-ring (bicyclic) bond motifs is 1. The summed E-state index contributed by atoms with van der Waals surface area (Å²) >= 11 is 5.93. The number of methoxy groups -OCH3 is 1. The molecule has 0 saturated heterocycles. The van der Waals surface area contributed by atoms with Gasteiger partial charge in [-0.25, -0.2) is 0 Å². The Balaban J connectivity index is 1.91. The van der Waals surface area contributed by atoms with Gasteiger partial charge in [0.15, 0.2) is 12.1 Å². The number of aromatic nitrogens is 1. The van der Waals surface area contributed by atoms with Crippen molar-refractivity contribution in [1.29, 1.82) is 0 Å². The number of carbonyl (C=O) groups is 2. The fraction of sp³-hybridized carbons (Fsp3) is 0.0833. The molecule has 0 aliphatic heterocycles. The number of benzene rings is 2. The van der Waals surface area contributed by atoms with Crippen molar-refractivity contribution in [1.82, 2.24) is 4.40 Å². The fourth-order valence-electron chi connectivity index (χ4n) is 3.71. The predicted molar refractivity (Wildman–Crippen MR) is 121 cm³/mol. The third kappa shape index (κ3) is 3.86. The Morgan fingerprint density at radius 1 is 1.12 bits per heavy atom. The molecule has 0 atom stereocenters. The number of non-ortho nitro benzene ring substituents is 1. The molecule has 4 rings (SSSR count). The van der Waals surface area contributed by atoms with Crippen molar-refractivity contribution in [2.75, 3.05) is 7.11 Å². The number of ether oxygens (including phenoxy) is 1. The van der Waals surface area contributed by atoms with Gasteiger partial charge in [0.1, 0.15) is 5.75 Å². The van der Waals surface area contributed by atoms with Crippen LogP contribution >= 0.6 is 11.6 Å². The Kier molecular flexibility index (Phi) is 5.75. The number of aldehydes is 1. The number of carbonyl (C=O) groups excluding carboxylic acids is 2. The number of nitro groups is 1. The van der Waals surface area contributed by atoms with Crippen molar-refractivity contribution < 1.29 is 19.2 Å². The first kappa shape index (κ1) is 21.3. The summed E-state index contributed by atoms with van der Waals surface area (Å²) in [7, 11) is 1.53. The highest BCUT2D eigenvalue weighted by molar-refractivity contribution is 6.30. The number of rotatable bonds is 7. The van der Waals surface area contributed by atoms with Crippen LogP contribution in [0.5, 0.6) is 5.75 Å². The lowest BCUT2D eigenvalue weighted by atomic mass is 9.97. The number of ketones is 1. The Morgan fingerprint density at radius 2 is 1.81 bits per heavy atom. The summed E-state index contributed by atoms with van der Waals surface area (Å²) in [6, 6.07) is 15.9. The maximum atomic E-state index is 13.1. The number of hydrogen-bond acceptors (Lipinski definition) is 5. The lowest BCUT2D eigenvalue weighted by Gasteiger charge is -2.08. The van der Waals surface area contributed by atoms with Crippen molar-refractivity contribution in [3.63, 3.8) is 0 Å². The number of halogens is 1. The minimum Gasteiger partial charge on any atom is -0.497 e. The topological polar surface area (TPSA) is 90.9 Å². The summed E-state index contributed by atoms with van der Waals surface area (Å²) in [6.45, 7) is 0. The van der Waals surface area contributed by atoms with Crippen molar-refractivity contribution in [3.8, 4) is 16.9 Å². The van der Waals surface area contributed by atoms with E-state index in [0.29, 0.717) is 44.2 Å². The highest BCUT2D eigenvalue weighted by atomic mass is 35.5. The molecule has 0 saturated carbocycles. The second kappa shape index (κ2) is 8.64. The van der Waals surface area contributed by atoms with Gasteiger partial charge in [0.2, 0.25) is 0 Å². The fourth-order valence-corrected chi connectivity index (χ4v) is 3.84. The number of hydrogen-bond donors (Lipinski definition) is 0. The van der Waals surface area contributed by atoms with E-state index in [2.05, 4.69) is 0 Å². The zero-order chi connectivity index (χ0) is 22.8. The lowest BCUT2D eigenvalue weighted by Crippen LogP contribution is -2.07. The Morgan fingerprint density at radius 3 is 2.41 bits per heavy atom. The van der Waals surface area contributed by atoms with Crippen molar-refractivity contribution in [2.45, 2.75) is 6.42 Å². The van der Waals surface area contributed by atoms with E-state index >= 15 is 0 Å². The summed E-state index contributed by atoms with van der Waals surface area (Å²) in [5.74, 6) is 0.404. The molecule has 0 bridgehead atoms. The molecule has 0 unspecified atom stereocenters. The Hall–Kier alpha value is -3.97. The molecule has 2 aromatic carbocycles. The van der Waals surface area contributed by atoms with Crippen LogP contribution in [0.3, 0.4) is 0 Å². The molecule has 0 radical (unpaired) electrons. The van der Waals surface area contributed by atoms with Gasteiger partial charge < -0.3 is 9.14 Å². The molecule has 0 N–H and O–H groups in total. The largest absolute Gasteiger partial charge is 0.497 e. The molecule has 4 aromatic rings. The SMILES string of the molecule is COc1ccn2c(CC(=O)c3ccc(Cl)cc3)c(-c3ccc([N+](=O)[O-])cc3)c(C=O)c2c1. The van der Waals surface area contributed by atoms with Crippen LogP contribution in [0.1, 0.15) is 26.4 Å². The van der Waals surface area contributed by atoms with Crippen molar-refractivity contribution >= 4 is 34.9 Å². The molecule has 8 heteroatoms.